The van der Waals surface area contributed by atoms with Gasteiger partial charge in [-0.15, -0.1) is 0 Å². The Morgan fingerprint density at radius 3 is 2.83 bits per heavy atom. The number of aromatic nitrogens is 3. The predicted molar refractivity (Wildman–Crippen MR) is 86.9 cm³/mol. The van der Waals surface area contributed by atoms with Crippen LogP contribution in [-0.4, -0.2) is 35.2 Å². The number of anilines is 1. The molecule has 3 aromatic rings. The molecule has 0 fully saturated rings. The first-order chi connectivity index (χ1) is 11.3. The van der Waals surface area contributed by atoms with E-state index in [2.05, 4.69) is 19.9 Å². The summed E-state index contributed by atoms with van der Waals surface area (Å²) in [5.41, 5.74) is 1.83. The molecule has 0 spiro atoms. The smallest absolute Gasteiger partial charge is 0.164 e. The lowest BCUT2D eigenvalue weighted by Crippen LogP contribution is -2.19. The average Bonchev–Trinajstić information content (AvgIpc) is 2.61. The van der Waals surface area contributed by atoms with Gasteiger partial charge in [0.2, 0.25) is 0 Å². The van der Waals surface area contributed by atoms with Crippen LogP contribution in [0.1, 0.15) is 5.56 Å². The first kappa shape index (κ1) is 13.8. The molecule has 1 aliphatic rings. The molecule has 116 valence electrons. The summed E-state index contributed by atoms with van der Waals surface area (Å²) in [5, 5.41) is 0.940. The highest BCUT2D eigenvalue weighted by molar-refractivity contribution is 5.86. The zero-order chi connectivity index (χ0) is 15.6. The van der Waals surface area contributed by atoms with Crippen molar-refractivity contribution in [3.05, 3.63) is 48.4 Å². The molecule has 0 aliphatic carbocycles. The van der Waals surface area contributed by atoms with Gasteiger partial charge in [-0.25, -0.2) is 15.0 Å². The lowest BCUT2D eigenvalue weighted by atomic mass is 10.1. The monoisotopic (exact) mass is 308 g/mol. The third-order valence-corrected chi connectivity index (χ3v) is 3.78. The molecule has 0 saturated heterocycles. The van der Waals surface area contributed by atoms with Crippen LogP contribution < -0.4 is 14.4 Å². The number of nitrogens with zero attached hydrogens (tertiary/aromatic N) is 4. The molecular weight excluding hydrogens is 292 g/mol. The van der Waals surface area contributed by atoms with Crippen molar-refractivity contribution in [2.75, 3.05) is 25.2 Å². The number of hydrogen-bond donors (Lipinski definition) is 0. The second-order valence-electron chi connectivity index (χ2n) is 5.41. The van der Waals surface area contributed by atoms with E-state index in [1.807, 2.05) is 37.4 Å². The molecule has 0 unspecified atom stereocenters. The van der Waals surface area contributed by atoms with Gasteiger partial charge in [0.05, 0.1) is 5.39 Å². The van der Waals surface area contributed by atoms with Gasteiger partial charge in [-0.3, -0.25) is 0 Å². The molecule has 6 heteroatoms. The zero-order valence-corrected chi connectivity index (χ0v) is 12.8. The topological polar surface area (TPSA) is 60.4 Å². The van der Waals surface area contributed by atoms with Gasteiger partial charge < -0.3 is 14.4 Å². The van der Waals surface area contributed by atoms with E-state index >= 15 is 0 Å². The van der Waals surface area contributed by atoms with E-state index in [4.69, 9.17) is 9.47 Å². The van der Waals surface area contributed by atoms with E-state index in [1.165, 1.54) is 0 Å². The Labute approximate surface area is 133 Å². The summed E-state index contributed by atoms with van der Waals surface area (Å²) in [6.07, 6.45) is 3.28. The van der Waals surface area contributed by atoms with Crippen molar-refractivity contribution in [3.8, 4) is 11.5 Å². The zero-order valence-electron chi connectivity index (χ0n) is 12.8. The van der Waals surface area contributed by atoms with Crippen molar-refractivity contribution in [1.82, 2.24) is 15.0 Å². The molecule has 0 N–H and O–H groups in total. The van der Waals surface area contributed by atoms with Gasteiger partial charge in [-0.2, -0.15) is 0 Å². The molecule has 1 aromatic carbocycles. The van der Waals surface area contributed by atoms with Crippen LogP contribution in [0.3, 0.4) is 0 Å². The first-order valence-electron chi connectivity index (χ1n) is 7.46. The highest BCUT2D eigenvalue weighted by Crippen LogP contribution is 2.31. The molecule has 6 nitrogen and oxygen atoms in total. The number of rotatable bonds is 3. The van der Waals surface area contributed by atoms with Crippen LogP contribution >= 0.6 is 0 Å². The van der Waals surface area contributed by atoms with Crippen molar-refractivity contribution in [2.45, 2.75) is 6.54 Å². The van der Waals surface area contributed by atoms with Crippen molar-refractivity contribution in [1.29, 1.82) is 0 Å². The SMILES string of the molecule is CN(Cc1ccc2c(c1)OCCO2)c1ncnc2ncccc12. The second kappa shape index (κ2) is 5.72. The molecule has 2 aromatic heterocycles. The number of pyridine rings is 1. The standard InChI is InChI=1S/C17H16N4O2/c1-21(17-13-3-2-6-18-16(13)19-11-20-17)10-12-4-5-14-15(9-12)23-8-7-22-14/h2-6,9,11H,7-8,10H2,1H3. The summed E-state index contributed by atoms with van der Waals surface area (Å²) in [6, 6.07) is 9.90. The van der Waals surface area contributed by atoms with Crippen molar-refractivity contribution < 1.29 is 9.47 Å². The Bertz CT molecular complexity index is 848. The van der Waals surface area contributed by atoms with Gasteiger partial charge in [0.25, 0.3) is 0 Å². The highest BCUT2D eigenvalue weighted by Gasteiger charge is 2.14. The Kier molecular flexibility index (Phi) is 3.42. The van der Waals surface area contributed by atoms with Crippen LogP contribution in [0.25, 0.3) is 11.0 Å². The molecule has 0 saturated carbocycles. The maximum Gasteiger partial charge on any atom is 0.164 e. The molecule has 3 heterocycles. The maximum absolute atomic E-state index is 5.64. The minimum absolute atomic E-state index is 0.592. The van der Waals surface area contributed by atoms with Gasteiger partial charge in [-0.05, 0) is 29.8 Å². The lowest BCUT2D eigenvalue weighted by molar-refractivity contribution is 0.171. The quantitative estimate of drug-likeness (QED) is 0.740. The fourth-order valence-electron chi connectivity index (χ4n) is 2.72. The minimum Gasteiger partial charge on any atom is -0.486 e. The largest absolute Gasteiger partial charge is 0.486 e. The minimum atomic E-state index is 0.592. The summed E-state index contributed by atoms with van der Waals surface area (Å²) in [7, 11) is 2.01. The van der Waals surface area contributed by atoms with Crippen LogP contribution in [0.2, 0.25) is 0 Å². The molecular formula is C17H16N4O2. The van der Waals surface area contributed by atoms with Crippen molar-refractivity contribution >= 4 is 16.9 Å². The summed E-state index contributed by atoms with van der Waals surface area (Å²) in [4.78, 5) is 15.0. The van der Waals surface area contributed by atoms with Crippen molar-refractivity contribution in [3.63, 3.8) is 0 Å². The normalized spacial score (nSPS) is 13.1. The van der Waals surface area contributed by atoms with E-state index in [0.717, 1.165) is 28.3 Å². The first-order valence-corrected chi connectivity index (χ1v) is 7.46. The Balaban J connectivity index is 1.63. The van der Waals surface area contributed by atoms with Crippen LogP contribution in [0.5, 0.6) is 11.5 Å². The molecule has 0 bridgehead atoms. The predicted octanol–water partition coefficient (Wildman–Crippen LogP) is 2.43. The molecule has 0 atom stereocenters. The third-order valence-electron chi connectivity index (χ3n) is 3.78. The highest BCUT2D eigenvalue weighted by atomic mass is 16.6. The number of benzene rings is 1. The van der Waals surface area contributed by atoms with E-state index < -0.39 is 0 Å². The lowest BCUT2D eigenvalue weighted by Gasteiger charge is -2.22. The second-order valence-corrected chi connectivity index (χ2v) is 5.41. The van der Waals surface area contributed by atoms with E-state index in [9.17, 15) is 0 Å². The van der Waals surface area contributed by atoms with Gasteiger partial charge in [-0.1, -0.05) is 6.07 Å². The van der Waals surface area contributed by atoms with Crippen LogP contribution in [0.4, 0.5) is 5.82 Å². The molecule has 0 radical (unpaired) electrons. The molecule has 1 aliphatic heterocycles. The average molecular weight is 308 g/mol. The van der Waals surface area contributed by atoms with Crippen LogP contribution in [0, 0.1) is 0 Å². The summed E-state index contributed by atoms with van der Waals surface area (Å²) < 4.78 is 11.2. The van der Waals surface area contributed by atoms with Gasteiger partial charge in [0, 0.05) is 19.8 Å². The van der Waals surface area contributed by atoms with E-state index in [-0.39, 0.29) is 0 Å². The molecule has 4 rings (SSSR count). The number of ether oxygens (including phenoxy) is 2. The van der Waals surface area contributed by atoms with Crippen LogP contribution in [-0.2, 0) is 6.54 Å². The third kappa shape index (κ3) is 2.63. The fourth-order valence-corrected chi connectivity index (χ4v) is 2.72. The summed E-state index contributed by atoms with van der Waals surface area (Å²) in [5.74, 6) is 2.47. The number of fused-ring (bicyclic) bond motifs is 2. The Morgan fingerprint density at radius 1 is 1.04 bits per heavy atom. The molecule has 0 amide bonds. The Hall–Kier alpha value is -2.89. The number of hydrogen-bond acceptors (Lipinski definition) is 6. The molecule has 23 heavy (non-hydrogen) atoms. The fraction of sp³-hybridized carbons (Fsp3) is 0.235. The maximum atomic E-state index is 5.64. The Morgan fingerprint density at radius 2 is 1.91 bits per heavy atom. The van der Waals surface area contributed by atoms with Gasteiger partial charge in [0.15, 0.2) is 17.1 Å². The van der Waals surface area contributed by atoms with E-state index in [0.29, 0.717) is 25.4 Å². The van der Waals surface area contributed by atoms with Gasteiger partial charge >= 0.3 is 0 Å². The van der Waals surface area contributed by atoms with Gasteiger partial charge in [0.1, 0.15) is 25.4 Å². The van der Waals surface area contributed by atoms with Crippen LogP contribution in [0.15, 0.2) is 42.9 Å². The summed E-state index contributed by atoms with van der Waals surface area (Å²) in [6.45, 7) is 1.90. The van der Waals surface area contributed by atoms with Crippen molar-refractivity contribution in [2.24, 2.45) is 0 Å². The van der Waals surface area contributed by atoms with E-state index in [1.54, 1.807) is 12.5 Å². The summed E-state index contributed by atoms with van der Waals surface area (Å²) >= 11 is 0.